The van der Waals surface area contributed by atoms with Crippen LogP contribution < -0.4 is 5.32 Å². The zero-order chi connectivity index (χ0) is 17.3. The summed E-state index contributed by atoms with van der Waals surface area (Å²) in [6.07, 6.45) is 1.53. The molecule has 1 heterocycles. The van der Waals surface area contributed by atoms with Gasteiger partial charge in [-0.15, -0.1) is 0 Å². The Morgan fingerprint density at radius 2 is 2.00 bits per heavy atom. The van der Waals surface area contributed by atoms with Gasteiger partial charge in [0.05, 0.1) is 15.1 Å². The van der Waals surface area contributed by atoms with Gasteiger partial charge in [0.25, 0.3) is 5.91 Å². The topological polar surface area (TPSA) is 61.7 Å². The molecule has 0 atom stereocenters. The first-order valence-corrected chi connectivity index (χ1v) is 8.64. The van der Waals surface area contributed by atoms with Crippen LogP contribution in [-0.4, -0.2) is 16.2 Å². The molecule has 0 bridgehead atoms. The summed E-state index contributed by atoms with van der Waals surface area (Å²) in [6, 6.07) is 8.71. The SMILES string of the molecule is O=C1NC(=Nc2ccc(F)cc2)S/C1=C/c1cc(Cl)cc(Br)c1O. The summed E-state index contributed by atoms with van der Waals surface area (Å²) in [5.41, 5.74) is 0.934. The van der Waals surface area contributed by atoms with E-state index in [1.54, 1.807) is 12.1 Å². The van der Waals surface area contributed by atoms with E-state index in [0.717, 1.165) is 11.8 Å². The molecule has 1 aliphatic heterocycles. The van der Waals surface area contributed by atoms with E-state index in [2.05, 4.69) is 26.2 Å². The first-order valence-electron chi connectivity index (χ1n) is 6.65. The number of nitrogens with zero attached hydrogens (tertiary/aromatic N) is 1. The second kappa shape index (κ2) is 6.96. The van der Waals surface area contributed by atoms with Crippen molar-refractivity contribution < 1.29 is 14.3 Å². The average Bonchev–Trinajstić information content (AvgIpc) is 2.86. The van der Waals surface area contributed by atoms with Gasteiger partial charge in [-0.25, -0.2) is 9.38 Å². The minimum Gasteiger partial charge on any atom is -0.506 e. The molecule has 2 aromatic carbocycles. The highest BCUT2D eigenvalue weighted by Gasteiger charge is 2.24. The van der Waals surface area contributed by atoms with Gasteiger partial charge >= 0.3 is 0 Å². The van der Waals surface area contributed by atoms with Crippen molar-refractivity contribution in [2.75, 3.05) is 0 Å². The van der Waals surface area contributed by atoms with Gasteiger partial charge in [0.2, 0.25) is 0 Å². The smallest absolute Gasteiger partial charge is 0.264 e. The number of hydrogen-bond acceptors (Lipinski definition) is 4. The Morgan fingerprint density at radius 1 is 1.29 bits per heavy atom. The Hall–Kier alpha value is -1.83. The van der Waals surface area contributed by atoms with E-state index in [9.17, 15) is 14.3 Å². The van der Waals surface area contributed by atoms with Crippen LogP contribution in [-0.2, 0) is 4.79 Å². The fourth-order valence-electron chi connectivity index (χ4n) is 1.95. The molecule has 0 unspecified atom stereocenters. The molecule has 122 valence electrons. The van der Waals surface area contributed by atoms with Crippen LogP contribution in [0.2, 0.25) is 5.02 Å². The van der Waals surface area contributed by atoms with Gasteiger partial charge in [-0.1, -0.05) is 11.6 Å². The number of carbonyl (C=O) groups is 1. The second-order valence-corrected chi connectivity index (χ2v) is 7.11. The molecule has 1 amide bonds. The molecule has 0 saturated carbocycles. The molecule has 2 N–H and O–H groups in total. The fourth-order valence-corrected chi connectivity index (χ4v) is 3.62. The summed E-state index contributed by atoms with van der Waals surface area (Å²) < 4.78 is 13.3. The molecule has 8 heteroatoms. The predicted molar refractivity (Wildman–Crippen MR) is 98.0 cm³/mol. The van der Waals surface area contributed by atoms with Crippen molar-refractivity contribution in [1.29, 1.82) is 0 Å². The minimum absolute atomic E-state index is 0.00998. The van der Waals surface area contributed by atoms with Crippen LogP contribution in [0, 0.1) is 5.82 Å². The van der Waals surface area contributed by atoms with Crippen molar-refractivity contribution in [3.8, 4) is 5.75 Å². The summed E-state index contributed by atoms with van der Waals surface area (Å²) in [6.45, 7) is 0. The van der Waals surface area contributed by atoms with Gasteiger partial charge in [0, 0.05) is 10.6 Å². The number of aliphatic imine (C=N–C) groups is 1. The normalized spacial score (nSPS) is 17.5. The van der Waals surface area contributed by atoms with Gasteiger partial charge in [-0.2, -0.15) is 0 Å². The van der Waals surface area contributed by atoms with E-state index >= 15 is 0 Å². The van der Waals surface area contributed by atoms with E-state index in [4.69, 9.17) is 11.6 Å². The molecule has 2 aromatic rings. The monoisotopic (exact) mass is 426 g/mol. The zero-order valence-electron chi connectivity index (χ0n) is 11.9. The number of halogens is 3. The number of amides is 1. The molecular weight excluding hydrogens is 419 g/mol. The number of phenolic OH excluding ortho intramolecular Hbond substituents is 1. The predicted octanol–water partition coefficient (Wildman–Crippen LogP) is 4.84. The number of amidine groups is 1. The van der Waals surface area contributed by atoms with Crippen molar-refractivity contribution in [1.82, 2.24) is 5.32 Å². The standard InChI is InChI=1S/C16H9BrClFN2O2S/c17-12-7-9(18)5-8(14(12)22)6-13-15(23)21-16(24-13)20-11-3-1-10(19)2-4-11/h1-7,22H,(H,20,21,23)/b13-6+. The molecule has 1 fully saturated rings. The van der Waals surface area contributed by atoms with Gasteiger partial charge in [0.1, 0.15) is 11.6 Å². The Kier molecular flexibility index (Phi) is 4.93. The first-order chi connectivity index (χ1) is 11.4. The third-order valence-corrected chi connectivity index (χ3v) is 4.78. The second-order valence-electron chi connectivity index (χ2n) is 4.78. The number of rotatable bonds is 2. The van der Waals surface area contributed by atoms with Crippen molar-refractivity contribution in [3.63, 3.8) is 0 Å². The lowest BCUT2D eigenvalue weighted by atomic mass is 10.2. The lowest BCUT2D eigenvalue weighted by Crippen LogP contribution is -2.19. The van der Waals surface area contributed by atoms with E-state index < -0.39 is 0 Å². The molecule has 24 heavy (non-hydrogen) atoms. The molecule has 0 radical (unpaired) electrons. The minimum atomic E-state index is -0.357. The summed E-state index contributed by atoms with van der Waals surface area (Å²) in [7, 11) is 0. The van der Waals surface area contributed by atoms with E-state index in [1.165, 1.54) is 30.3 Å². The maximum Gasteiger partial charge on any atom is 0.264 e. The van der Waals surface area contributed by atoms with Crippen molar-refractivity contribution in [2.24, 2.45) is 4.99 Å². The zero-order valence-corrected chi connectivity index (χ0v) is 15.0. The summed E-state index contributed by atoms with van der Waals surface area (Å²) >= 11 is 10.3. The van der Waals surface area contributed by atoms with Crippen LogP contribution in [0.3, 0.4) is 0 Å². The van der Waals surface area contributed by atoms with E-state index in [0.29, 0.717) is 30.8 Å². The summed E-state index contributed by atoms with van der Waals surface area (Å²) in [5, 5.41) is 13.5. The molecule has 1 saturated heterocycles. The molecule has 0 spiro atoms. The number of phenols is 1. The quantitative estimate of drug-likeness (QED) is 0.674. The number of carbonyl (C=O) groups excluding carboxylic acids is 1. The van der Waals surface area contributed by atoms with Crippen LogP contribution in [0.5, 0.6) is 5.75 Å². The Balaban J connectivity index is 1.89. The lowest BCUT2D eigenvalue weighted by molar-refractivity contribution is -0.115. The van der Waals surface area contributed by atoms with Gasteiger partial charge in [-0.05, 0) is 70.2 Å². The third kappa shape index (κ3) is 3.80. The van der Waals surface area contributed by atoms with Gasteiger partial charge < -0.3 is 10.4 Å². The van der Waals surface area contributed by atoms with Gasteiger partial charge in [-0.3, -0.25) is 4.79 Å². The Labute approximate surface area is 154 Å². The lowest BCUT2D eigenvalue weighted by Gasteiger charge is -2.03. The van der Waals surface area contributed by atoms with Crippen LogP contribution in [0.4, 0.5) is 10.1 Å². The first kappa shape index (κ1) is 17.0. The van der Waals surface area contributed by atoms with Crippen molar-refractivity contribution in [2.45, 2.75) is 0 Å². The number of thioether (sulfide) groups is 1. The molecule has 0 aliphatic carbocycles. The number of aromatic hydroxyl groups is 1. The Morgan fingerprint density at radius 3 is 2.71 bits per heavy atom. The maximum atomic E-state index is 12.9. The van der Waals surface area contributed by atoms with E-state index in [1.807, 2.05) is 0 Å². The number of benzene rings is 2. The van der Waals surface area contributed by atoms with E-state index in [-0.39, 0.29) is 17.5 Å². The molecule has 0 aromatic heterocycles. The van der Waals surface area contributed by atoms with Crippen LogP contribution in [0.25, 0.3) is 6.08 Å². The highest BCUT2D eigenvalue weighted by molar-refractivity contribution is 9.10. The number of hydrogen-bond donors (Lipinski definition) is 2. The Bertz CT molecular complexity index is 884. The molecule has 4 nitrogen and oxygen atoms in total. The fraction of sp³-hybridized carbons (Fsp3) is 0. The highest BCUT2D eigenvalue weighted by atomic mass is 79.9. The maximum absolute atomic E-state index is 12.9. The van der Waals surface area contributed by atoms with Crippen molar-refractivity contribution in [3.05, 3.63) is 62.2 Å². The largest absolute Gasteiger partial charge is 0.506 e. The van der Waals surface area contributed by atoms with Crippen LogP contribution in [0.15, 0.2) is 50.8 Å². The summed E-state index contributed by atoms with van der Waals surface area (Å²) in [4.78, 5) is 16.6. The van der Waals surface area contributed by atoms with Crippen LogP contribution in [0.1, 0.15) is 5.56 Å². The molecule has 1 aliphatic rings. The van der Waals surface area contributed by atoms with Crippen molar-refractivity contribution >= 4 is 62.1 Å². The number of nitrogens with one attached hydrogen (secondary N) is 1. The molecule has 3 rings (SSSR count). The molecular formula is C16H9BrClFN2O2S. The van der Waals surface area contributed by atoms with Crippen LogP contribution >= 0.6 is 39.3 Å². The third-order valence-electron chi connectivity index (χ3n) is 3.05. The summed E-state index contributed by atoms with van der Waals surface area (Å²) in [5.74, 6) is -0.703. The highest BCUT2D eigenvalue weighted by Crippen LogP contribution is 2.35. The van der Waals surface area contributed by atoms with Gasteiger partial charge in [0.15, 0.2) is 5.17 Å². The average molecular weight is 428 g/mol.